The van der Waals surface area contributed by atoms with Gasteiger partial charge in [0.25, 0.3) is 0 Å². The SMILES string of the molecule is COC(=O)c1cc(Cl)ccc1Cc1ccc2[nH]ccc2c1.COC(=O)c1cc(Cl)ccc1Cc1ccc2c(ccn2Cc2cscn2)c1. The van der Waals surface area contributed by atoms with Crippen LogP contribution in [0.4, 0.5) is 0 Å². The van der Waals surface area contributed by atoms with E-state index in [1.165, 1.54) is 14.2 Å². The van der Waals surface area contributed by atoms with Gasteiger partial charge in [0.15, 0.2) is 0 Å². The smallest absolute Gasteiger partial charge is 0.338 e. The Morgan fingerprint density at radius 3 is 2.00 bits per heavy atom. The standard InChI is InChI=1S/C21H17ClN2O2S.C17H14ClNO2/c1-26-21(25)19-10-17(22)4-3-15(19)8-14-2-5-20-16(9-14)6-7-24(20)11-18-12-27-13-23-18;1-21-17(20)15-10-14(18)4-3-12(15)8-11-2-5-16-13(9-11)6-7-19-16/h2-7,9-10,12-13H,8,11H2,1H3;2-7,9-10,19H,8H2,1H3. The van der Waals surface area contributed by atoms with Gasteiger partial charge >= 0.3 is 11.9 Å². The summed E-state index contributed by atoms with van der Waals surface area (Å²) in [6, 6.07) is 27.4. The Hall–Kier alpha value is -4.89. The van der Waals surface area contributed by atoms with Crippen molar-refractivity contribution >= 4 is 68.3 Å². The molecule has 1 N–H and O–H groups in total. The van der Waals surface area contributed by atoms with Crippen molar-refractivity contribution < 1.29 is 19.1 Å². The number of hydrogen-bond acceptors (Lipinski definition) is 6. The summed E-state index contributed by atoms with van der Waals surface area (Å²) in [7, 11) is 2.75. The molecule has 0 fully saturated rings. The average molecular weight is 697 g/mol. The predicted molar refractivity (Wildman–Crippen MR) is 193 cm³/mol. The molecule has 0 aliphatic heterocycles. The number of thiazole rings is 1. The van der Waals surface area contributed by atoms with E-state index in [-0.39, 0.29) is 11.9 Å². The molecule has 0 bridgehead atoms. The summed E-state index contributed by atoms with van der Waals surface area (Å²) in [5.74, 6) is -0.738. The average Bonchev–Trinajstić information content (AvgIpc) is 3.88. The van der Waals surface area contributed by atoms with Crippen molar-refractivity contribution in [2.24, 2.45) is 0 Å². The molecule has 0 aliphatic rings. The third-order valence-electron chi connectivity index (χ3n) is 8.01. The number of carbonyl (C=O) groups is 2. The van der Waals surface area contributed by atoms with Gasteiger partial charge in [-0.2, -0.15) is 0 Å². The van der Waals surface area contributed by atoms with Gasteiger partial charge in [0.05, 0.1) is 43.1 Å². The second kappa shape index (κ2) is 14.9. The third kappa shape index (κ3) is 7.63. The Morgan fingerprint density at radius 2 is 1.40 bits per heavy atom. The van der Waals surface area contributed by atoms with E-state index in [4.69, 9.17) is 32.7 Å². The quantitative estimate of drug-likeness (QED) is 0.160. The van der Waals surface area contributed by atoms with Crippen LogP contribution in [0.15, 0.2) is 108 Å². The minimum atomic E-state index is -0.372. The first-order chi connectivity index (χ1) is 23.3. The van der Waals surface area contributed by atoms with Crippen molar-refractivity contribution in [3.63, 3.8) is 0 Å². The molecule has 0 radical (unpaired) electrons. The second-order valence-corrected chi connectivity index (χ2v) is 12.7. The molecule has 7 rings (SSSR count). The molecule has 3 aromatic heterocycles. The van der Waals surface area contributed by atoms with Crippen LogP contribution in [0.25, 0.3) is 21.8 Å². The lowest BCUT2D eigenvalue weighted by atomic mass is 9.99. The van der Waals surface area contributed by atoms with Crippen LogP contribution in [0.3, 0.4) is 0 Å². The number of nitrogens with one attached hydrogen (secondary N) is 1. The maximum absolute atomic E-state index is 12.1. The highest BCUT2D eigenvalue weighted by Gasteiger charge is 2.15. The summed E-state index contributed by atoms with van der Waals surface area (Å²) in [4.78, 5) is 31.4. The number of H-pyrrole nitrogens is 1. The number of nitrogens with zero attached hydrogens (tertiary/aromatic N) is 2. The number of carbonyl (C=O) groups excluding carboxylic acids is 2. The molecule has 0 aliphatic carbocycles. The van der Waals surface area contributed by atoms with Gasteiger partial charge in [-0.3, -0.25) is 0 Å². The molecule has 0 saturated heterocycles. The van der Waals surface area contributed by atoms with E-state index in [1.807, 2.05) is 36.0 Å². The Labute approximate surface area is 291 Å². The topological polar surface area (TPSA) is 86.2 Å². The molecular formula is C38H31Cl2N3O4S. The van der Waals surface area contributed by atoms with Crippen molar-refractivity contribution in [2.75, 3.05) is 14.2 Å². The number of aromatic nitrogens is 3. The number of halogens is 2. The van der Waals surface area contributed by atoms with E-state index >= 15 is 0 Å². The zero-order chi connectivity index (χ0) is 33.6. The molecule has 0 saturated carbocycles. The molecule has 0 atom stereocenters. The Kier molecular flexibility index (Phi) is 10.3. The lowest BCUT2D eigenvalue weighted by Gasteiger charge is -2.09. The molecule has 242 valence electrons. The van der Waals surface area contributed by atoms with Gasteiger partial charge in [-0.05, 0) is 107 Å². The number of fused-ring (bicyclic) bond motifs is 2. The minimum Gasteiger partial charge on any atom is -0.465 e. The van der Waals surface area contributed by atoms with Crippen LogP contribution in [-0.4, -0.2) is 40.7 Å². The van der Waals surface area contributed by atoms with Crippen molar-refractivity contribution in [3.05, 3.63) is 157 Å². The van der Waals surface area contributed by atoms with Gasteiger partial charge in [0.1, 0.15) is 0 Å². The number of esters is 2. The van der Waals surface area contributed by atoms with E-state index in [1.54, 1.807) is 35.6 Å². The fraction of sp³-hybridized carbons (Fsp3) is 0.132. The van der Waals surface area contributed by atoms with Crippen LogP contribution < -0.4 is 0 Å². The molecule has 3 heterocycles. The van der Waals surface area contributed by atoms with Crippen molar-refractivity contribution in [2.45, 2.75) is 19.4 Å². The number of hydrogen-bond donors (Lipinski definition) is 1. The zero-order valence-electron chi connectivity index (χ0n) is 26.2. The van der Waals surface area contributed by atoms with E-state index in [9.17, 15) is 9.59 Å². The number of methoxy groups -OCH3 is 2. The summed E-state index contributed by atoms with van der Waals surface area (Å²) in [6.07, 6.45) is 5.28. The highest BCUT2D eigenvalue weighted by Crippen LogP contribution is 2.25. The Balaban J connectivity index is 0.000000173. The number of ether oxygens (including phenoxy) is 2. The van der Waals surface area contributed by atoms with E-state index < -0.39 is 0 Å². The van der Waals surface area contributed by atoms with Crippen LogP contribution in [0.5, 0.6) is 0 Å². The molecule has 7 nitrogen and oxygen atoms in total. The lowest BCUT2D eigenvalue weighted by Crippen LogP contribution is -2.06. The van der Waals surface area contributed by atoms with Gasteiger partial charge in [-0.1, -0.05) is 47.5 Å². The van der Waals surface area contributed by atoms with Crippen LogP contribution in [0, 0.1) is 0 Å². The molecule has 10 heteroatoms. The summed E-state index contributed by atoms with van der Waals surface area (Å²) in [6.45, 7) is 0.760. The van der Waals surface area contributed by atoms with Gasteiger partial charge < -0.3 is 19.0 Å². The molecular weight excluding hydrogens is 665 g/mol. The highest BCUT2D eigenvalue weighted by molar-refractivity contribution is 7.07. The van der Waals surface area contributed by atoms with Gasteiger partial charge in [-0.15, -0.1) is 11.3 Å². The Bertz CT molecular complexity index is 2220. The fourth-order valence-electron chi connectivity index (χ4n) is 5.65. The number of aromatic amines is 1. The second-order valence-electron chi connectivity index (χ2n) is 11.2. The fourth-order valence-corrected chi connectivity index (χ4v) is 6.54. The monoisotopic (exact) mass is 695 g/mol. The highest BCUT2D eigenvalue weighted by atomic mass is 35.5. The summed E-state index contributed by atoms with van der Waals surface area (Å²) in [5, 5.41) is 5.43. The number of rotatable bonds is 8. The van der Waals surface area contributed by atoms with Crippen molar-refractivity contribution in [1.29, 1.82) is 0 Å². The minimum absolute atomic E-state index is 0.366. The van der Waals surface area contributed by atoms with Gasteiger partial charge in [0.2, 0.25) is 0 Å². The third-order valence-corrected chi connectivity index (χ3v) is 9.12. The van der Waals surface area contributed by atoms with E-state index in [0.717, 1.165) is 56.3 Å². The normalized spacial score (nSPS) is 10.9. The maximum Gasteiger partial charge on any atom is 0.338 e. The number of benzene rings is 4. The summed E-state index contributed by atoms with van der Waals surface area (Å²) >= 11 is 13.6. The molecule has 48 heavy (non-hydrogen) atoms. The predicted octanol–water partition coefficient (Wildman–Crippen LogP) is 9.38. The largest absolute Gasteiger partial charge is 0.465 e. The summed E-state index contributed by atoms with van der Waals surface area (Å²) in [5.41, 5.74) is 10.3. The molecule has 7 aromatic rings. The van der Waals surface area contributed by atoms with E-state index in [2.05, 4.69) is 62.5 Å². The van der Waals surface area contributed by atoms with E-state index in [0.29, 0.717) is 34.0 Å². The lowest BCUT2D eigenvalue weighted by molar-refractivity contribution is 0.0590. The molecule has 4 aromatic carbocycles. The summed E-state index contributed by atoms with van der Waals surface area (Å²) < 4.78 is 11.9. The molecule has 0 amide bonds. The van der Waals surface area contributed by atoms with Gasteiger partial charge in [0, 0.05) is 38.9 Å². The van der Waals surface area contributed by atoms with Crippen molar-refractivity contribution in [1.82, 2.24) is 14.5 Å². The molecule has 0 unspecified atom stereocenters. The maximum atomic E-state index is 12.1. The molecule has 0 spiro atoms. The van der Waals surface area contributed by atoms with Crippen LogP contribution in [0.1, 0.15) is 48.7 Å². The first kappa shape index (κ1) is 33.0. The zero-order valence-corrected chi connectivity index (χ0v) is 28.5. The van der Waals surface area contributed by atoms with Gasteiger partial charge in [-0.25, -0.2) is 14.6 Å². The van der Waals surface area contributed by atoms with Crippen LogP contribution >= 0.6 is 34.5 Å². The first-order valence-electron chi connectivity index (χ1n) is 15.1. The van der Waals surface area contributed by atoms with Crippen molar-refractivity contribution in [3.8, 4) is 0 Å². The van der Waals surface area contributed by atoms with Crippen LogP contribution in [0.2, 0.25) is 10.0 Å². The first-order valence-corrected chi connectivity index (χ1v) is 16.8. The Morgan fingerprint density at radius 1 is 0.771 bits per heavy atom. The van der Waals surface area contributed by atoms with Crippen LogP contribution in [-0.2, 0) is 28.9 Å².